The highest BCUT2D eigenvalue weighted by molar-refractivity contribution is 6.07. The van der Waals surface area contributed by atoms with Crippen LogP contribution in [0.5, 0.6) is 5.75 Å². The van der Waals surface area contributed by atoms with Gasteiger partial charge in [0.1, 0.15) is 17.2 Å². The van der Waals surface area contributed by atoms with E-state index in [4.69, 9.17) is 4.42 Å². The molecule has 7 nitrogen and oxygen atoms in total. The summed E-state index contributed by atoms with van der Waals surface area (Å²) in [5.74, 6) is 1.08. The molecule has 0 aliphatic carbocycles. The summed E-state index contributed by atoms with van der Waals surface area (Å²) in [4.78, 5) is 19.8. The Morgan fingerprint density at radius 1 is 1.12 bits per heavy atom. The van der Waals surface area contributed by atoms with Gasteiger partial charge >= 0.3 is 0 Å². The van der Waals surface area contributed by atoms with Gasteiger partial charge in [-0.1, -0.05) is 18.2 Å². The lowest BCUT2D eigenvalue weighted by atomic mass is 10.1. The molecule has 2 aromatic carbocycles. The van der Waals surface area contributed by atoms with Crippen molar-refractivity contribution in [1.29, 1.82) is 0 Å². The Hall–Kier alpha value is -4.13. The van der Waals surface area contributed by atoms with E-state index < -0.39 is 0 Å². The largest absolute Gasteiger partial charge is 0.507 e. The number of benzene rings is 2. The maximum Gasteiger partial charge on any atom is 0.272 e. The number of nitrogens with zero attached hydrogens (tertiary/aromatic N) is 3. The summed E-state index contributed by atoms with van der Waals surface area (Å²) in [6, 6.07) is 18.2. The minimum atomic E-state index is -0.381. The number of pyridine rings is 1. The first kappa shape index (κ1) is 22.1. The number of aromatic nitrogens is 1. The van der Waals surface area contributed by atoms with Gasteiger partial charge in [-0.2, -0.15) is 5.10 Å². The molecule has 4 rings (SSSR count). The van der Waals surface area contributed by atoms with Crippen molar-refractivity contribution in [3.8, 4) is 17.2 Å². The van der Waals surface area contributed by atoms with Crippen molar-refractivity contribution in [1.82, 2.24) is 10.4 Å². The molecule has 0 fully saturated rings. The number of rotatable bonds is 7. The quantitative estimate of drug-likeness (QED) is 0.306. The monoisotopic (exact) mass is 442 g/mol. The number of furan rings is 1. The Morgan fingerprint density at radius 2 is 1.91 bits per heavy atom. The summed E-state index contributed by atoms with van der Waals surface area (Å²) >= 11 is 0. The van der Waals surface area contributed by atoms with Gasteiger partial charge in [-0.3, -0.25) is 4.79 Å². The lowest BCUT2D eigenvalue weighted by molar-refractivity contribution is 0.0956. The Labute approximate surface area is 192 Å². The van der Waals surface area contributed by atoms with Crippen LogP contribution in [0.15, 0.2) is 70.2 Å². The summed E-state index contributed by atoms with van der Waals surface area (Å²) in [6.45, 7) is 7.67. The zero-order valence-electron chi connectivity index (χ0n) is 18.9. The minimum absolute atomic E-state index is 0.0993. The standard InChI is InChI=1S/C26H26N4O3/c1-4-30(5-2)19-12-11-18(24(31)14-19)16-27-29-26(32)21-15-23(25-13-10-17(3)33-25)28-22-9-7-6-8-20(21)22/h6-16,31H,4-5H2,1-3H3,(H,29,32)/b27-16+. The normalized spacial score (nSPS) is 11.2. The molecule has 2 heterocycles. The first-order valence-electron chi connectivity index (χ1n) is 10.9. The Bertz CT molecular complexity index is 1320. The Kier molecular flexibility index (Phi) is 6.40. The zero-order valence-corrected chi connectivity index (χ0v) is 18.9. The number of carbonyl (C=O) groups excluding carboxylic acids is 1. The predicted octanol–water partition coefficient (Wildman–Crippen LogP) is 5.12. The van der Waals surface area contributed by atoms with Crippen molar-refractivity contribution < 1.29 is 14.3 Å². The molecule has 168 valence electrons. The second-order valence-electron chi connectivity index (χ2n) is 7.60. The van der Waals surface area contributed by atoms with Crippen LogP contribution in [-0.2, 0) is 0 Å². The van der Waals surface area contributed by atoms with Gasteiger partial charge in [-0.05, 0) is 57.2 Å². The molecule has 0 saturated heterocycles. The lowest BCUT2D eigenvalue weighted by Gasteiger charge is -2.21. The van der Waals surface area contributed by atoms with Gasteiger partial charge in [0, 0.05) is 35.8 Å². The molecule has 2 N–H and O–H groups in total. The molecule has 0 atom stereocenters. The van der Waals surface area contributed by atoms with E-state index in [9.17, 15) is 9.90 Å². The maximum atomic E-state index is 13.0. The van der Waals surface area contributed by atoms with Crippen LogP contribution in [0, 0.1) is 6.92 Å². The lowest BCUT2D eigenvalue weighted by Crippen LogP contribution is -2.21. The number of carbonyl (C=O) groups is 1. The predicted molar refractivity (Wildman–Crippen MR) is 131 cm³/mol. The number of hydrogen-bond donors (Lipinski definition) is 2. The average molecular weight is 443 g/mol. The summed E-state index contributed by atoms with van der Waals surface area (Å²) < 4.78 is 5.69. The van der Waals surface area contributed by atoms with Crippen LogP contribution in [-0.4, -0.2) is 35.3 Å². The maximum absolute atomic E-state index is 13.0. The Balaban J connectivity index is 1.59. The van der Waals surface area contributed by atoms with Crippen LogP contribution < -0.4 is 10.3 Å². The van der Waals surface area contributed by atoms with E-state index in [2.05, 4.69) is 34.3 Å². The van der Waals surface area contributed by atoms with Crippen molar-refractivity contribution >= 4 is 28.7 Å². The molecule has 0 aliphatic heterocycles. The number of anilines is 1. The van der Waals surface area contributed by atoms with Crippen molar-refractivity contribution in [3.63, 3.8) is 0 Å². The smallest absolute Gasteiger partial charge is 0.272 e. The van der Waals surface area contributed by atoms with E-state index in [1.165, 1.54) is 6.21 Å². The molecular formula is C26H26N4O3. The molecule has 7 heteroatoms. The van der Waals surface area contributed by atoms with E-state index in [-0.39, 0.29) is 11.7 Å². The van der Waals surface area contributed by atoms with E-state index in [0.717, 1.165) is 24.5 Å². The first-order valence-corrected chi connectivity index (χ1v) is 10.9. The molecule has 2 aromatic heterocycles. The molecule has 0 saturated carbocycles. The molecule has 33 heavy (non-hydrogen) atoms. The van der Waals surface area contributed by atoms with Crippen molar-refractivity contribution in [2.24, 2.45) is 5.10 Å². The Morgan fingerprint density at radius 3 is 2.61 bits per heavy atom. The average Bonchev–Trinajstić information content (AvgIpc) is 3.26. The summed E-state index contributed by atoms with van der Waals surface area (Å²) in [5, 5.41) is 15.1. The van der Waals surface area contributed by atoms with Gasteiger partial charge in [0.05, 0.1) is 17.3 Å². The topological polar surface area (TPSA) is 91.0 Å². The number of amides is 1. The van der Waals surface area contributed by atoms with Gasteiger partial charge < -0.3 is 14.4 Å². The van der Waals surface area contributed by atoms with Gasteiger partial charge in [0.15, 0.2) is 5.76 Å². The molecule has 0 aliphatic rings. The summed E-state index contributed by atoms with van der Waals surface area (Å²) in [5.41, 5.74) is 5.69. The fraction of sp³-hybridized carbons (Fsp3) is 0.192. The third kappa shape index (κ3) is 4.72. The van der Waals surface area contributed by atoms with Crippen LogP contribution in [0.2, 0.25) is 0 Å². The molecule has 0 bridgehead atoms. The van der Waals surface area contributed by atoms with Crippen LogP contribution in [0.1, 0.15) is 35.5 Å². The number of aryl methyl sites for hydroxylation is 1. The molecule has 0 spiro atoms. The van der Waals surface area contributed by atoms with Gasteiger partial charge in [0.2, 0.25) is 0 Å². The second-order valence-corrected chi connectivity index (χ2v) is 7.60. The summed E-state index contributed by atoms with van der Waals surface area (Å²) in [6.07, 6.45) is 1.43. The number of phenolic OH excluding ortho intramolecular Hbond substituents is 1. The third-order valence-corrected chi connectivity index (χ3v) is 5.47. The molecule has 1 amide bonds. The van der Waals surface area contributed by atoms with Gasteiger partial charge in [-0.25, -0.2) is 10.4 Å². The first-order chi connectivity index (χ1) is 16.0. The third-order valence-electron chi connectivity index (χ3n) is 5.47. The number of fused-ring (bicyclic) bond motifs is 1. The van der Waals surface area contributed by atoms with E-state index in [1.54, 1.807) is 18.2 Å². The van der Waals surface area contributed by atoms with E-state index >= 15 is 0 Å². The SMILES string of the molecule is CCN(CC)c1ccc(/C=N/NC(=O)c2cc(-c3ccc(C)o3)nc3ccccc23)c(O)c1. The number of phenols is 1. The zero-order chi connectivity index (χ0) is 23.4. The van der Waals surface area contributed by atoms with Gasteiger partial charge in [-0.15, -0.1) is 0 Å². The number of para-hydroxylation sites is 1. The van der Waals surface area contributed by atoms with Crippen molar-refractivity contribution in [3.05, 3.63) is 77.6 Å². The molecule has 4 aromatic rings. The number of hydrazone groups is 1. The van der Waals surface area contributed by atoms with Gasteiger partial charge in [0.25, 0.3) is 5.91 Å². The highest BCUT2D eigenvalue weighted by atomic mass is 16.3. The molecule has 0 unspecified atom stereocenters. The highest BCUT2D eigenvalue weighted by Crippen LogP contribution is 2.26. The number of hydrogen-bond acceptors (Lipinski definition) is 6. The molecular weight excluding hydrogens is 416 g/mol. The van der Waals surface area contributed by atoms with Crippen LogP contribution >= 0.6 is 0 Å². The number of nitrogens with one attached hydrogen (secondary N) is 1. The minimum Gasteiger partial charge on any atom is -0.507 e. The van der Waals surface area contributed by atoms with E-state index in [0.29, 0.717) is 33.5 Å². The van der Waals surface area contributed by atoms with Crippen LogP contribution in [0.25, 0.3) is 22.4 Å². The number of aromatic hydroxyl groups is 1. The van der Waals surface area contributed by atoms with E-state index in [1.807, 2.05) is 49.4 Å². The molecule has 0 radical (unpaired) electrons. The van der Waals surface area contributed by atoms with Crippen LogP contribution in [0.4, 0.5) is 5.69 Å². The highest BCUT2D eigenvalue weighted by Gasteiger charge is 2.15. The summed E-state index contributed by atoms with van der Waals surface area (Å²) in [7, 11) is 0. The second kappa shape index (κ2) is 9.56. The van der Waals surface area contributed by atoms with Crippen LogP contribution in [0.3, 0.4) is 0 Å². The fourth-order valence-corrected chi connectivity index (χ4v) is 3.71. The van der Waals surface area contributed by atoms with Crippen molar-refractivity contribution in [2.45, 2.75) is 20.8 Å². The van der Waals surface area contributed by atoms with Crippen molar-refractivity contribution in [2.75, 3.05) is 18.0 Å². The fourth-order valence-electron chi connectivity index (χ4n) is 3.71.